The summed E-state index contributed by atoms with van der Waals surface area (Å²) in [5, 5.41) is 2.24. The Bertz CT molecular complexity index is 899. The number of hydroxylamine groups is 1. The number of nitrogens with zero attached hydrogens (tertiary/aromatic N) is 2. The molecule has 146 valence electrons. The molecule has 0 aliphatic carbocycles. The maximum Gasteiger partial charge on any atom is 0.266 e. The van der Waals surface area contributed by atoms with E-state index in [2.05, 4.69) is 13.8 Å². The molecule has 2 aliphatic heterocycles. The maximum atomic E-state index is 13.4. The van der Waals surface area contributed by atoms with E-state index < -0.39 is 17.9 Å². The fourth-order valence-corrected chi connectivity index (χ4v) is 4.53. The van der Waals surface area contributed by atoms with Crippen molar-refractivity contribution >= 4 is 46.4 Å². The summed E-state index contributed by atoms with van der Waals surface area (Å²) >= 11 is 12.5. The van der Waals surface area contributed by atoms with Crippen LogP contribution in [0, 0.1) is 11.8 Å². The lowest BCUT2D eigenvalue weighted by molar-refractivity contribution is -0.126. The highest BCUT2D eigenvalue weighted by Crippen LogP contribution is 2.45. The monoisotopic (exact) mass is 418 g/mol. The molecule has 2 aromatic carbocycles. The molecule has 2 fully saturated rings. The molecule has 5 nitrogen and oxygen atoms in total. The molecule has 7 heteroatoms. The first-order chi connectivity index (χ1) is 13.4. The number of anilines is 2. The van der Waals surface area contributed by atoms with E-state index in [-0.39, 0.29) is 27.7 Å². The summed E-state index contributed by atoms with van der Waals surface area (Å²) in [6.07, 6.45) is -0.178. The number of carbonyl (C=O) groups excluding carboxylic acids is 2. The van der Waals surface area contributed by atoms with Crippen LogP contribution in [0.1, 0.15) is 20.3 Å². The summed E-state index contributed by atoms with van der Waals surface area (Å²) in [4.78, 5) is 33.6. The second-order valence-electron chi connectivity index (χ2n) is 7.49. The summed E-state index contributed by atoms with van der Waals surface area (Å²) < 4.78 is 0. The van der Waals surface area contributed by atoms with Gasteiger partial charge in [0.15, 0.2) is 6.10 Å². The van der Waals surface area contributed by atoms with Crippen molar-refractivity contribution in [2.24, 2.45) is 11.8 Å². The van der Waals surface area contributed by atoms with Gasteiger partial charge < -0.3 is 0 Å². The van der Waals surface area contributed by atoms with Crippen molar-refractivity contribution in [1.82, 2.24) is 0 Å². The average Bonchev–Trinajstić information content (AvgIpc) is 3.13. The summed E-state index contributed by atoms with van der Waals surface area (Å²) in [6, 6.07) is 14.2. The zero-order valence-electron chi connectivity index (χ0n) is 15.5. The number of benzene rings is 2. The number of fused-ring (bicyclic) bond motifs is 1. The highest BCUT2D eigenvalue weighted by molar-refractivity contribution is 6.42. The Morgan fingerprint density at radius 3 is 2.21 bits per heavy atom. The Kier molecular flexibility index (Phi) is 5.08. The van der Waals surface area contributed by atoms with Gasteiger partial charge in [-0.05, 0) is 36.6 Å². The van der Waals surface area contributed by atoms with Crippen LogP contribution in [0.2, 0.25) is 10.0 Å². The van der Waals surface area contributed by atoms with Crippen molar-refractivity contribution in [1.29, 1.82) is 0 Å². The minimum Gasteiger partial charge on any atom is -0.273 e. The second kappa shape index (κ2) is 7.39. The molecule has 0 aromatic heterocycles. The van der Waals surface area contributed by atoms with Crippen LogP contribution in [0.15, 0.2) is 48.5 Å². The molecule has 0 radical (unpaired) electrons. The Labute approximate surface area is 173 Å². The topological polar surface area (TPSA) is 49.9 Å². The number of hydrogen-bond acceptors (Lipinski definition) is 4. The third-order valence-electron chi connectivity index (χ3n) is 5.12. The molecule has 0 saturated carbocycles. The molecule has 3 atom stereocenters. The van der Waals surface area contributed by atoms with Crippen LogP contribution in [-0.2, 0) is 14.4 Å². The van der Waals surface area contributed by atoms with Crippen LogP contribution >= 0.6 is 23.2 Å². The van der Waals surface area contributed by atoms with Crippen LogP contribution in [0.3, 0.4) is 0 Å². The van der Waals surface area contributed by atoms with E-state index in [0.29, 0.717) is 12.3 Å². The van der Waals surface area contributed by atoms with Crippen molar-refractivity contribution in [3.05, 3.63) is 58.6 Å². The number of amides is 2. The van der Waals surface area contributed by atoms with Gasteiger partial charge in [0.2, 0.25) is 5.91 Å². The smallest absolute Gasteiger partial charge is 0.266 e. The van der Waals surface area contributed by atoms with Gasteiger partial charge in [0.1, 0.15) is 0 Å². The Hall–Kier alpha value is -2.08. The number of hydrogen-bond donors (Lipinski definition) is 0. The third-order valence-corrected chi connectivity index (χ3v) is 5.73. The van der Waals surface area contributed by atoms with Crippen molar-refractivity contribution in [3.63, 3.8) is 0 Å². The average molecular weight is 419 g/mol. The van der Waals surface area contributed by atoms with Crippen molar-refractivity contribution in [2.75, 3.05) is 9.96 Å². The van der Waals surface area contributed by atoms with Gasteiger partial charge in [-0.15, -0.1) is 0 Å². The summed E-state index contributed by atoms with van der Waals surface area (Å²) in [5.74, 6) is -1.05. The normalized spacial score (nSPS) is 24.4. The Balaban J connectivity index is 1.73. The van der Waals surface area contributed by atoms with Gasteiger partial charge in [-0.3, -0.25) is 14.4 Å². The van der Waals surface area contributed by atoms with Crippen molar-refractivity contribution in [3.8, 4) is 0 Å². The molecule has 0 spiro atoms. The van der Waals surface area contributed by atoms with Gasteiger partial charge in [0.05, 0.1) is 33.4 Å². The van der Waals surface area contributed by atoms with Crippen molar-refractivity contribution < 1.29 is 14.4 Å². The van der Waals surface area contributed by atoms with Gasteiger partial charge >= 0.3 is 0 Å². The van der Waals surface area contributed by atoms with E-state index in [1.54, 1.807) is 23.3 Å². The predicted molar refractivity (Wildman–Crippen MR) is 109 cm³/mol. The molecule has 2 aliphatic rings. The molecule has 4 rings (SSSR count). The lowest BCUT2D eigenvalue weighted by atomic mass is 9.90. The van der Waals surface area contributed by atoms with E-state index >= 15 is 0 Å². The van der Waals surface area contributed by atoms with Gasteiger partial charge in [0, 0.05) is 0 Å². The quantitative estimate of drug-likeness (QED) is 0.674. The van der Waals surface area contributed by atoms with Crippen LogP contribution in [0.25, 0.3) is 0 Å². The summed E-state index contributed by atoms with van der Waals surface area (Å²) in [5.41, 5.74) is 1.05. The fourth-order valence-electron chi connectivity index (χ4n) is 3.97. The van der Waals surface area contributed by atoms with Gasteiger partial charge in [-0.25, -0.2) is 9.96 Å². The van der Waals surface area contributed by atoms with Crippen LogP contribution < -0.4 is 9.96 Å². The van der Waals surface area contributed by atoms with E-state index in [1.807, 2.05) is 30.3 Å². The summed E-state index contributed by atoms with van der Waals surface area (Å²) in [6.45, 7) is 4.17. The van der Waals surface area contributed by atoms with Crippen LogP contribution in [0.4, 0.5) is 11.4 Å². The first kappa shape index (κ1) is 19.2. The molecular formula is C21H20Cl2N2O3. The second-order valence-corrected chi connectivity index (χ2v) is 8.31. The first-order valence-electron chi connectivity index (χ1n) is 9.23. The first-order valence-corrected chi connectivity index (χ1v) is 9.98. The minimum absolute atomic E-state index is 0.230. The molecule has 2 amide bonds. The number of imide groups is 1. The number of rotatable bonds is 4. The highest BCUT2D eigenvalue weighted by atomic mass is 35.5. The van der Waals surface area contributed by atoms with Crippen LogP contribution in [0.5, 0.6) is 0 Å². The van der Waals surface area contributed by atoms with Crippen molar-refractivity contribution in [2.45, 2.75) is 32.4 Å². The number of carbonyl (C=O) groups is 2. The SMILES string of the molecule is CC(C)C[C@@H]1[C@H]2C(=O)N(c3c(Cl)cccc3Cl)C(=O)[C@H]2ON1c1ccccc1. The predicted octanol–water partition coefficient (Wildman–Crippen LogP) is 4.72. The maximum absolute atomic E-state index is 13.4. The van der Waals surface area contributed by atoms with Gasteiger partial charge in [-0.2, -0.15) is 0 Å². The lowest BCUT2D eigenvalue weighted by Crippen LogP contribution is -2.41. The van der Waals surface area contributed by atoms with Gasteiger partial charge in [-0.1, -0.05) is 61.3 Å². The molecule has 0 unspecified atom stereocenters. The largest absolute Gasteiger partial charge is 0.273 e. The fraction of sp³-hybridized carbons (Fsp3) is 0.333. The molecule has 2 heterocycles. The lowest BCUT2D eigenvalue weighted by Gasteiger charge is -2.29. The third kappa shape index (κ3) is 3.08. The molecular weight excluding hydrogens is 399 g/mol. The highest BCUT2D eigenvalue weighted by Gasteiger charge is 2.60. The van der Waals surface area contributed by atoms with Crippen LogP contribution in [-0.4, -0.2) is 24.0 Å². The number of halogens is 2. The molecule has 2 saturated heterocycles. The zero-order valence-corrected chi connectivity index (χ0v) is 17.0. The Morgan fingerprint density at radius 1 is 0.964 bits per heavy atom. The molecule has 2 aromatic rings. The summed E-state index contributed by atoms with van der Waals surface area (Å²) in [7, 11) is 0. The van der Waals surface area contributed by atoms with E-state index in [1.165, 1.54) is 0 Å². The zero-order chi connectivity index (χ0) is 20.0. The van der Waals surface area contributed by atoms with Gasteiger partial charge in [0.25, 0.3) is 5.91 Å². The molecule has 0 N–H and O–H groups in total. The minimum atomic E-state index is -0.885. The van der Waals surface area contributed by atoms with E-state index in [9.17, 15) is 9.59 Å². The van der Waals surface area contributed by atoms with E-state index in [0.717, 1.165) is 10.6 Å². The van der Waals surface area contributed by atoms with E-state index in [4.69, 9.17) is 28.0 Å². The molecule has 0 bridgehead atoms. The number of para-hydroxylation sites is 2. The Morgan fingerprint density at radius 2 is 1.61 bits per heavy atom. The standard InChI is InChI=1S/C21H20Cl2N2O3/c1-12(2)11-16-17-19(28-25(16)13-7-4-3-5-8-13)21(27)24(20(17)26)18-14(22)9-6-10-15(18)23/h3-10,12,16-17,19H,11H2,1-2H3/t16-,17-,19+/m1/s1. The molecule has 28 heavy (non-hydrogen) atoms.